The van der Waals surface area contributed by atoms with Crippen molar-refractivity contribution in [1.29, 1.82) is 0 Å². The molecule has 2 aromatic carbocycles. The highest BCUT2D eigenvalue weighted by Crippen LogP contribution is 2.31. The normalized spacial score (nSPS) is 12.8. The summed E-state index contributed by atoms with van der Waals surface area (Å²) in [4.78, 5) is 19.4. The van der Waals surface area contributed by atoms with E-state index < -0.39 is 12.2 Å². The summed E-state index contributed by atoms with van der Waals surface area (Å²) in [6.07, 6.45) is -0.134. The maximum atomic E-state index is 14.2. The Hall–Kier alpha value is -5.05. The van der Waals surface area contributed by atoms with Gasteiger partial charge in [0.1, 0.15) is 28.5 Å². The van der Waals surface area contributed by atoms with Crippen molar-refractivity contribution in [3.63, 3.8) is 0 Å². The molecule has 0 spiro atoms. The van der Waals surface area contributed by atoms with Crippen LogP contribution in [0.5, 0.6) is 5.75 Å². The number of hydrogen-bond donors (Lipinski definition) is 1. The summed E-state index contributed by atoms with van der Waals surface area (Å²) in [5, 5.41) is 7.04. The summed E-state index contributed by atoms with van der Waals surface area (Å²) < 4.78 is 55.9. The smallest absolute Gasteiger partial charge is 0.406 e. The Labute approximate surface area is 212 Å². The minimum absolute atomic E-state index is 0.272. The maximum absolute atomic E-state index is 14.2. The summed E-state index contributed by atoms with van der Waals surface area (Å²) >= 11 is 0. The Morgan fingerprint density at radius 2 is 1.76 bits per heavy atom. The lowest BCUT2D eigenvalue weighted by molar-refractivity contribution is -0.274. The molecule has 0 unspecified atom stereocenters. The third kappa shape index (κ3) is 4.81. The second-order valence-electron chi connectivity index (χ2n) is 8.38. The first-order valence-corrected chi connectivity index (χ1v) is 11.2. The summed E-state index contributed by atoms with van der Waals surface area (Å²) in [5.74, 6) is 5.79. The molecular formula is C26H15F4N7O. The van der Waals surface area contributed by atoms with Gasteiger partial charge in [0, 0.05) is 36.4 Å². The highest BCUT2D eigenvalue weighted by Gasteiger charge is 2.32. The molecule has 38 heavy (non-hydrogen) atoms. The van der Waals surface area contributed by atoms with Crippen LogP contribution in [-0.2, 0) is 13.1 Å². The molecule has 3 aromatic heterocycles. The van der Waals surface area contributed by atoms with Crippen LogP contribution < -0.4 is 9.64 Å². The van der Waals surface area contributed by atoms with E-state index in [0.29, 0.717) is 58.3 Å². The SMILES string of the molecule is Fc1cc(C#Cc2ccnc(-c3ccnc(N4Cc5ccc(OC(F)(F)F)cc5C4)n3)n2)cc2cn[nH]c12. The summed E-state index contributed by atoms with van der Waals surface area (Å²) in [6, 6.07) is 10.6. The Morgan fingerprint density at radius 3 is 2.63 bits per heavy atom. The number of aromatic nitrogens is 6. The van der Waals surface area contributed by atoms with Crippen LogP contribution in [0.3, 0.4) is 0 Å². The van der Waals surface area contributed by atoms with Gasteiger partial charge in [-0.05, 0) is 53.4 Å². The average Bonchev–Trinajstić information content (AvgIpc) is 3.54. The van der Waals surface area contributed by atoms with Gasteiger partial charge in [-0.2, -0.15) is 5.10 Å². The molecule has 0 saturated heterocycles. The number of H-pyrrole nitrogens is 1. The van der Waals surface area contributed by atoms with Gasteiger partial charge in [-0.25, -0.2) is 24.3 Å². The van der Waals surface area contributed by atoms with Gasteiger partial charge in [-0.1, -0.05) is 12.0 Å². The van der Waals surface area contributed by atoms with E-state index in [2.05, 4.69) is 46.7 Å². The van der Waals surface area contributed by atoms with Crippen molar-refractivity contribution in [2.45, 2.75) is 19.5 Å². The summed E-state index contributed by atoms with van der Waals surface area (Å²) in [7, 11) is 0. The van der Waals surface area contributed by atoms with Gasteiger partial charge in [0.15, 0.2) is 5.82 Å². The van der Waals surface area contributed by atoms with Gasteiger partial charge in [-0.15, -0.1) is 13.2 Å². The van der Waals surface area contributed by atoms with E-state index in [0.717, 1.165) is 5.56 Å². The second-order valence-corrected chi connectivity index (χ2v) is 8.38. The van der Waals surface area contributed by atoms with Crippen molar-refractivity contribution in [3.05, 3.63) is 89.3 Å². The van der Waals surface area contributed by atoms with Gasteiger partial charge < -0.3 is 9.64 Å². The predicted molar refractivity (Wildman–Crippen MR) is 128 cm³/mol. The van der Waals surface area contributed by atoms with Gasteiger partial charge in [0.2, 0.25) is 5.95 Å². The molecule has 0 atom stereocenters. The predicted octanol–water partition coefficient (Wildman–Crippen LogP) is 4.77. The molecule has 0 bridgehead atoms. The van der Waals surface area contributed by atoms with Crippen molar-refractivity contribution in [1.82, 2.24) is 30.1 Å². The maximum Gasteiger partial charge on any atom is 0.573 e. The summed E-state index contributed by atoms with van der Waals surface area (Å²) in [6.45, 7) is 0.743. The first-order valence-electron chi connectivity index (χ1n) is 11.2. The molecule has 4 heterocycles. The number of benzene rings is 2. The molecule has 0 fully saturated rings. The monoisotopic (exact) mass is 517 g/mol. The van der Waals surface area contributed by atoms with Crippen LogP contribution in [0, 0.1) is 17.7 Å². The third-order valence-electron chi connectivity index (χ3n) is 5.78. The van der Waals surface area contributed by atoms with E-state index in [1.165, 1.54) is 24.4 Å². The van der Waals surface area contributed by atoms with Crippen LogP contribution in [0.2, 0.25) is 0 Å². The van der Waals surface area contributed by atoms with Gasteiger partial charge in [-0.3, -0.25) is 5.10 Å². The van der Waals surface area contributed by atoms with E-state index in [1.54, 1.807) is 36.7 Å². The number of rotatable bonds is 3. The molecule has 0 radical (unpaired) electrons. The van der Waals surface area contributed by atoms with E-state index in [-0.39, 0.29) is 5.75 Å². The lowest BCUT2D eigenvalue weighted by Gasteiger charge is -2.15. The molecule has 1 aliphatic heterocycles. The zero-order chi connectivity index (χ0) is 26.3. The molecular weight excluding hydrogens is 502 g/mol. The zero-order valence-electron chi connectivity index (χ0n) is 19.3. The number of aromatic amines is 1. The molecule has 1 aliphatic rings. The lowest BCUT2D eigenvalue weighted by atomic mass is 10.1. The first-order chi connectivity index (χ1) is 18.3. The summed E-state index contributed by atoms with van der Waals surface area (Å²) in [5.41, 5.74) is 3.19. The standard InChI is InChI=1S/C26H15F4N7O/c27-21-10-15(9-17-12-33-36-23(17)21)1-3-19-5-7-31-24(34-19)22-6-8-32-25(35-22)37-13-16-2-4-20(11-18(16)14-37)38-26(28,29)30/h2,4-12H,13-14H2,(H,33,36). The Kier molecular flexibility index (Phi) is 5.60. The highest BCUT2D eigenvalue weighted by molar-refractivity contribution is 5.80. The quantitative estimate of drug-likeness (QED) is 0.272. The fourth-order valence-corrected chi connectivity index (χ4v) is 4.11. The van der Waals surface area contributed by atoms with Crippen LogP contribution in [-0.4, -0.2) is 36.5 Å². The van der Waals surface area contributed by atoms with Crippen LogP contribution in [0.4, 0.5) is 23.5 Å². The molecule has 1 N–H and O–H groups in total. The number of halogens is 4. The molecule has 5 aromatic rings. The van der Waals surface area contributed by atoms with Crippen LogP contribution in [0.15, 0.2) is 61.1 Å². The highest BCUT2D eigenvalue weighted by atomic mass is 19.4. The molecule has 0 amide bonds. The van der Waals surface area contributed by atoms with Gasteiger partial charge in [0.05, 0.1) is 6.20 Å². The van der Waals surface area contributed by atoms with Gasteiger partial charge >= 0.3 is 6.36 Å². The topological polar surface area (TPSA) is 92.7 Å². The largest absolute Gasteiger partial charge is 0.573 e. The van der Waals surface area contributed by atoms with E-state index in [4.69, 9.17) is 0 Å². The number of fused-ring (bicyclic) bond motifs is 2. The molecule has 12 heteroatoms. The zero-order valence-corrected chi connectivity index (χ0v) is 19.3. The number of nitrogens with one attached hydrogen (secondary N) is 1. The van der Waals surface area contributed by atoms with E-state index in [1.807, 2.05) is 4.90 Å². The Balaban J connectivity index is 1.22. The average molecular weight is 517 g/mol. The Bertz CT molecular complexity index is 1740. The van der Waals surface area contributed by atoms with Crippen molar-refractivity contribution >= 4 is 16.9 Å². The van der Waals surface area contributed by atoms with E-state index >= 15 is 0 Å². The molecule has 0 saturated carbocycles. The number of alkyl halides is 3. The number of anilines is 1. The number of nitrogens with zero attached hydrogens (tertiary/aromatic N) is 6. The Morgan fingerprint density at radius 1 is 0.921 bits per heavy atom. The lowest BCUT2D eigenvalue weighted by Crippen LogP contribution is -2.18. The first kappa shape index (κ1) is 23.4. The van der Waals surface area contributed by atoms with Crippen molar-refractivity contribution < 1.29 is 22.3 Å². The van der Waals surface area contributed by atoms with Crippen LogP contribution in [0.25, 0.3) is 22.4 Å². The second kappa shape index (κ2) is 9.11. The van der Waals surface area contributed by atoms with Crippen LogP contribution in [0.1, 0.15) is 22.4 Å². The third-order valence-corrected chi connectivity index (χ3v) is 5.78. The van der Waals surface area contributed by atoms with Crippen LogP contribution >= 0.6 is 0 Å². The van der Waals surface area contributed by atoms with Crippen molar-refractivity contribution in [2.75, 3.05) is 4.90 Å². The number of ether oxygens (including phenoxy) is 1. The fraction of sp³-hybridized carbons (Fsp3) is 0.115. The minimum Gasteiger partial charge on any atom is -0.406 e. The molecule has 6 rings (SSSR count). The minimum atomic E-state index is -4.76. The van der Waals surface area contributed by atoms with Gasteiger partial charge in [0.25, 0.3) is 0 Å². The fourth-order valence-electron chi connectivity index (χ4n) is 4.11. The molecule has 8 nitrogen and oxygen atoms in total. The number of hydrogen-bond acceptors (Lipinski definition) is 7. The van der Waals surface area contributed by atoms with Crippen molar-refractivity contribution in [2.24, 2.45) is 0 Å². The molecule has 188 valence electrons. The molecule has 0 aliphatic carbocycles. The van der Waals surface area contributed by atoms with Crippen molar-refractivity contribution in [3.8, 4) is 29.1 Å². The van der Waals surface area contributed by atoms with E-state index in [9.17, 15) is 17.6 Å².